The normalized spacial score (nSPS) is 38.6. The number of carboxylic acid groups (broad SMARTS) is 1. The summed E-state index contributed by atoms with van der Waals surface area (Å²) in [5, 5.41) is 23.0. The number of carbonyl (C=O) groups is 2. The third kappa shape index (κ3) is 6.79. The van der Waals surface area contributed by atoms with Crippen LogP contribution in [0.3, 0.4) is 0 Å². The third-order valence-electron chi connectivity index (χ3n) is 17.4. The minimum absolute atomic E-state index is 0.0192. The molecule has 1 aromatic carbocycles. The number of nitrogens with one attached hydrogen (secondary N) is 1. The molecule has 1 aliphatic heterocycles. The van der Waals surface area contributed by atoms with E-state index in [1.807, 2.05) is 17.0 Å². The Balaban J connectivity index is 1.14. The lowest BCUT2D eigenvalue weighted by atomic mass is 9.33. The molecule has 3 N–H and O–H groups in total. The number of aliphatic hydroxyl groups is 1. The highest BCUT2D eigenvalue weighted by Crippen LogP contribution is 2.76. The molecular weight excluding hydrogens is 723 g/mol. The minimum atomic E-state index is -2.98. The van der Waals surface area contributed by atoms with Crippen molar-refractivity contribution in [2.24, 2.45) is 51.2 Å². The lowest BCUT2D eigenvalue weighted by Gasteiger charge is -2.72. The highest BCUT2D eigenvalue weighted by Gasteiger charge is 2.70. The number of aliphatic hydroxyl groups excluding tert-OH is 1. The van der Waals surface area contributed by atoms with E-state index < -0.39 is 15.8 Å². The van der Waals surface area contributed by atoms with Crippen LogP contribution in [0.2, 0.25) is 0 Å². The van der Waals surface area contributed by atoms with E-state index in [2.05, 4.69) is 64.4 Å². The number of benzene rings is 1. The monoisotopic (exact) mass is 791 g/mol. The Kier molecular flexibility index (Phi) is 11.0. The van der Waals surface area contributed by atoms with E-state index >= 15 is 0 Å². The van der Waals surface area contributed by atoms with Gasteiger partial charge in [0.1, 0.15) is 0 Å². The molecule has 310 valence electrons. The number of aromatic carboxylic acids is 1. The first-order chi connectivity index (χ1) is 26.3. The molecule has 2 amide bonds. The van der Waals surface area contributed by atoms with Crippen LogP contribution in [0.5, 0.6) is 0 Å². The molecule has 9 nitrogen and oxygen atoms in total. The van der Waals surface area contributed by atoms with Gasteiger partial charge in [-0.1, -0.05) is 65.0 Å². The van der Waals surface area contributed by atoms with Gasteiger partial charge in [-0.15, -0.1) is 0 Å². The van der Waals surface area contributed by atoms with Crippen LogP contribution in [0.15, 0.2) is 42.5 Å². The first-order valence-corrected chi connectivity index (χ1v) is 23.4. The Morgan fingerprint density at radius 3 is 2.25 bits per heavy atom. The average molecular weight is 792 g/mol. The predicted molar refractivity (Wildman–Crippen MR) is 223 cm³/mol. The number of carbonyl (C=O) groups excluding carboxylic acids is 1. The molecule has 5 aliphatic carbocycles. The van der Waals surface area contributed by atoms with Crippen molar-refractivity contribution < 1.29 is 28.2 Å². The molecule has 0 spiro atoms. The second kappa shape index (κ2) is 14.8. The summed E-state index contributed by atoms with van der Waals surface area (Å²) in [6, 6.07) is 7.44. The van der Waals surface area contributed by atoms with Crippen molar-refractivity contribution in [3.63, 3.8) is 0 Å². The number of hydrogen-bond acceptors (Lipinski definition) is 6. The standard InChI is InChI=1S/C46H69N3O6S/c1-31(2)34-15-20-46(47-41(53)49(23-8-28-50)25-24-48-26-29-56(54,55)30-27-48)22-21-44(6)36(39(34)46)13-14-38-43(5)18-16-35(32-9-11-33(12-10-32)40(51)52)42(3,4)37(43)17-19-45(38,44)7/h9-12,16,34,36-39,50H,1,8,13-15,17-30H2,2-7H3,(H,47,53)(H,51,52)/t34-,36+,37-,38+,39+,43-,44+,45+,46-/m0/s1. The number of sulfone groups is 1. The zero-order valence-corrected chi connectivity index (χ0v) is 35.9. The largest absolute Gasteiger partial charge is 0.478 e. The predicted octanol–water partition coefficient (Wildman–Crippen LogP) is 7.91. The Bertz CT molecular complexity index is 1830. The number of amides is 2. The van der Waals surface area contributed by atoms with Gasteiger partial charge in [-0.05, 0) is 146 Å². The van der Waals surface area contributed by atoms with Gasteiger partial charge in [0, 0.05) is 44.9 Å². The second-order valence-corrected chi connectivity index (χ2v) is 22.6. The summed E-state index contributed by atoms with van der Waals surface area (Å²) in [7, 11) is -2.98. The molecule has 4 saturated carbocycles. The van der Waals surface area contributed by atoms with E-state index in [0.29, 0.717) is 74.3 Å². The summed E-state index contributed by atoms with van der Waals surface area (Å²) in [6.45, 7) is 22.1. The summed E-state index contributed by atoms with van der Waals surface area (Å²) in [4.78, 5) is 30.1. The molecule has 1 saturated heterocycles. The van der Waals surface area contributed by atoms with Gasteiger partial charge in [-0.2, -0.15) is 0 Å². The van der Waals surface area contributed by atoms with Crippen molar-refractivity contribution in [1.29, 1.82) is 0 Å². The maximum atomic E-state index is 14.4. The Hall–Kier alpha value is -2.69. The number of nitrogens with zero attached hydrogens (tertiary/aromatic N) is 2. The summed E-state index contributed by atoms with van der Waals surface area (Å²) >= 11 is 0. The first kappa shape index (κ1) is 41.5. The number of fused-ring (bicyclic) bond motifs is 7. The molecule has 9 atom stereocenters. The summed E-state index contributed by atoms with van der Waals surface area (Å²) in [6.07, 6.45) is 12.8. The SMILES string of the molecule is C=C(C)[C@@H]1CC[C@]2(NC(=O)N(CCCO)CCN3CCS(=O)(=O)CC3)CC[C@]3(C)[C@H](CC[C@@H]4[C@@]5(C)CC=C(c6ccc(C(=O)O)cc6)C(C)(C)[C@@H]5CC[C@]43C)[C@@H]12. The van der Waals surface area contributed by atoms with E-state index in [-0.39, 0.29) is 51.3 Å². The molecule has 0 unspecified atom stereocenters. The molecule has 1 heterocycles. The van der Waals surface area contributed by atoms with Gasteiger partial charge < -0.3 is 20.4 Å². The topological polar surface area (TPSA) is 127 Å². The van der Waals surface area contributed by atoms with E-state index in [1.54, 1.807) is 12.1 Å². The zero-order valence-electron chi connectivity index (χ0n) is 35.0. The number of carboxylic acids is 1. The van der Waals surface area contributed by atoms with Crippen molar-refractivity contribution in [2.45, 2.75) is 111 Å². The Labute approximate surface area is 336 Å². The maximum absolute atomic E-state index is 14.4. The quantitative estimate of drug-likeness (QED) is 0.206. The van der Waals surface area contributed by atoms with Crippen LogP contribution in [0, 0.1) is 51.2 Å². The average Bonchev–Trinajstić information content (AvgIpc) is 3.52. The molecule has 0 aromatic heterocycles. The van der Waals surface area contributed by atoms with E-state index in [9.17, 15) is 28.2 Å². The number of hydrogen-bond donors (Lipinski definition) is 3. The number of urea groups is 1. The highest BCUT2D eigenvalue weighted by molar-refractivity contribution is 7.91. The molecule has 56 heavy (non-hydrogen) atoms. The van der Waals surface area contributed by atoms with Crippen LogP contribution in [-0.4, -0.2) is 96.8 Å². The molecule has 5 fully saturated rings. The highest BCUT2D eigenvalue weighted by atomic mass is 32.2. The van der Waals surface area contributed by atoms with Crippen molar-refractivity contribution in [2.75, 3.05) is 50.8 Å². The van der Waals surface area contributed by atoms with Crippen molar-refractivity contribution in [1.82, 2.24) is 15.1 Å². The zero-order chi connectivity index (χ0) is 40.5. The molecule has 7 rings (SSSR count). The van der Waals surface area contributed by atoms with Gasteiger partial charge >= 0.3 is 12.0 Å². The second-order valence-electron chi connectivity index (χ2n) is 20.3. The molecule has 6 aliphatic rings. The van der Waals surface area contributed by atoms with Gasteiger partial charge in [0.25, 0.3) is 0 Å². The number of allylic oxidation sites excluding steroid dienone is 3. The lowest BCUT2D eigenvalue weighted by molar-refractivity contribution is -0.218. The summed E-state index contributed by atoms with van der Waals surface area (Å²) < 4.78 is 24.1. The van der Waals surface area contributed by atoms with Gasteiger partial charge in [0.15, 0.2) is 9.84 Å². The van der Waals surface area contributed by atoms with Crippen molar-refractivity contribution in [3.8, 4) is 0 Å². The van der Waals surface area contributed by atoms with Crippen LogP contribution in [0.1, 0.15) is 122 Å². The van der Waals surface area contributed by atoms with E-state index in [4.69, 9.17) is 0 Å². The lowest BCUT2D eigenvalue weighted by Crippen LogP contribution is -2.69. The fourth-order valence-corrected chi connectivity index (χ4v) is 15.6. The van der Waals surface area contributed by atoms with Gasteiger partial charge in [0.05, 0.1) is 17.1 Å². The van der Waals surface area contributed by atoms with Crippen LogP contribution in [0.4, 0.5) is 4.79 Å². The molecule has 0 radical (unpaired) electrons. The minimum Gasteiger partial charge on any atom is -0.478 e. The molecule has 0 bridgehead atoms. The van der Waals surface area contributed by atoms with E-state index in [0.717, 1.165) is 44.1 Å². The fraction of sp³-hybridized carbons (Fsp3) is 0.739. The Morgan fingerprint density at radius 2 is 1.61 bits per heavy atom. The van der Waals surface area contributed by atoms with E-state index in [1.165, 1.54) is 30.4 Å². The summed E-state index contributed by atoms with van der Waals surface area (Å²) in [5.41, 5.74) is 4.12. The van der Waals surface area contributed by atoms with Crippen LogP contribution in [-0.2, 0) is 9.84 Å². The smallest absolute Gasteiger partial charge is 0.335 e. The van der Waals surface area contributed by atoms with Gasteiger partial charge in [-0.3, -0.25) is 4.90 Å². The Morgan fingerprint density at radius 1 is 0.911 bits per heavy atom. The number of rotatable bonds is 10. The fourth-order valence-electron chi connectivity index (χ4n) is 14.4. The first-order valence-electron chi connectivity index (χ1n) is 21.6. The van der Waals surface area contributed by atoms with Crippen LogP contribution < -0.4 is 5.32 Å². The van der Waals surface area contributed by atoms with Crippen molar-refractivity contribution >= 4 is 27.4 Å². The van der Waals surface area contributed by atoms with Crippen LogP contribution in [0.25, 0.3) is 5.57 Å². The third-order valence-corrected chi connectivity index (χ3v) is 19.0. The summed E-state index contributed by atoms with van der Waals surface area (Å²) in [5.74, 6) is 1.69. The van der Waals surface area contributed by atoms with Crippen molar-refractivity contribution in [3.05, 3.63) is 53.6 Å². The van der Waals surface area contributed by atoms with Gasteiger partial charge in [0.2, 0.25) is 0 Å². The molecule has 1 aromatic rings. The van der Waals surface area contributed by atoms with Crippen LogP contribution >= 0.6 is 0 Å². The molecule has 10 heteroatoms. The van der Waals surface area contributed by atoms with Gasteiger partial charge in [-0.25, -0.2) is 18.0 Å². The maximum Gasteiger partial charge on any atom is 0.335 e. The molecular formula is C46H69N3O6S.